The maximum atomic E-state index is 13.4. The summed E-state index contributed by atoms with van der Waals surface area (Å²) in [5.41, 5.74) is 5.48. The Kier molecular flexibility index (Phi) is 16.0. The number of fused-ring (bicyclic) bond motifs is 3. The Bertz CT molecular complexity index is 1620. The highest BCUT2D eigenvalue weighted by atomic mass is 32.2. The van der Waals surface area contributed by atoms with Crippen LogP contribution in [-0.4, -0.2) is 72.7 Å². The van der Waals surface area contributed by atoms with Crippen molar-refractivity contribution in [3.8, 4) is 11.1 Å². The van der Waals surface area contributed by atoms with E-state index in [9.17, 15) is 24.3 Å². The van der Waals surface area contributed by atoms with Crippen molar-refractivity contribution in [1.82, 2.24) is 16.0 Å². The first-order valence-electron chi connectivity index (χ1n) is 17.6. The SMILES string of the molecule is C=CCC[C@H](NC(=O)OCC1c2ccccc2-c2ccccc21)C(=O)OC[C@H](CSCc1ccccc1)NC(=O)[C@@H](CC=C)CC(=O)N[C@H](C)CO. The van der Waals surface area contributed by atoms with Crippen LogP contribution in [0.2, 0.25) is 0 Å². The summed E-state index contributed by atoms with van der Waals surface area (Å²) in [6.45, 7) is 8.87. The molecule has 0 heterocycles. The molecule has 276 valence electrons. The van der Waals surface area contributed by atoms with Crippen molar-refractivity contribution in [2.24, 2.45) is 5.92 Å². The number of carbonyl (C=O) groups excluding carboxylic acids is 4. The summed E-state index contributed by atoms with van der Waals surface area (Å²) in [7, 11) is 0. The molecule has 0 saturated carbocycles. The van der Waals surface area contributed by atoms with Gasteiger partial charge in [0, 0.05) is 29.9 Å². The molecule has 4 N–H and O–H groups in total. The van der Waals surface area contributed by atoms with Crippen LogP contribution in [0.3, 0.4) is 0 Å². The second kappa shape index (κ2) is 20.8. The maximum Gasteiger partial charge on any atom is 0.407 e. The lowest BCUT2D eigenvalue weighted by Crippen LogP contribution is -2.47. The van der Waals surface area contributed by atoms with Gasteiger partial charge in [-0.05, 0) is 54.0 Å². The molecule has 0 radical (unpaired) electrons. The van der Waals surface area contributed by atoms with E-state index >= 15 is 0 Å². The summed E-state index contributed by atoms with van der Waals surface area (Å²) >= 11 is 1.56. The highest BCUT2D eigenvalue weighted by Crippen LogP contribution is 2.44. The summed E-state index contributed by atoms with van der Waals surface area (Å²) in [4.78, 5) is 52.5. The number of aliphatic hydroxyl groups is 1. The van der Waals surface area contributed by atoms with Gasteiger partial charge in [-0.15, -0.1) is 13.2 Å². The predicted molar refractivity (Wildman–Crippen MR) is 205 cm³/mol. The minimum atomic E-state index is -1.01. The molecule has 52 heavy (non-hydrogen) atoms. The number of carbonyl (C=O) groups is 4. The van der Waals surface area contributed by atoms with Crippen molar-refractivity contribution in [2.45, 2.75) is 62.4 Å². The molecule has 0 unspecified atom stereocenters. The minimum Gasteiger partial charge on any atom is -0.462 e. The molecule has 4 rings (SSSR count). The molecule has 3 aromatic carbocycles. The summed E-state index contributed by atoms with van der Waals surface area (Å²) in [5, 5.41) is 17.6. The number of hydrogen-bond donors (Lipinski definition) is 4. The quantitative estimate of drug-likeness (QED) is 0.0785. The Balaban J connectivity index is 1.38. The minimum absolute atomic E-state index is 0.0959. The van der Waals surface area contributed by atoms with Crippen LogP contribution < -0.4 is 16.0 Å². The second-order valence-corrected chi connectivity index (χ2v) is 13.8. The normalized spacial score (nSPS) is 14.0. The fourth-order valence-electron chi connectivity index (χ4n) is 6.03. The lowest BCUT2D eigenvalue weighted by Gasteiger charge is -2.24. The molecular weight excluding hydrogens is 679 g/mol. The maximum absolute atomic E-state index is 13.4. The Hall–Kier alpha value is -4.87. The molecule has 1 aliphatic carbocycles. The molecule has 3 aromatic rings. The van der Waals surface area contributed by atoms with Gasteiger partial charge < -0.3 is 30.5 Å². The zero-order chi connectivity index (χ0) is 37.3. The Morgan fingerprint density at radius 2 is 1.52 bits per heavy atom. The van der Waals surface area contributed by atoms with Gasteiger partial charge in [-0.1, -0.05) is 91.0 Å². The van der Waals surface area contributed by atoms with Crippen LogP contribution in [0.4, 0.5) is 4.79 Å². The van der Waals surface area contributed by atoms with Crippen LogP contribution in [0.15, 0.2) is 104 Å². The third-order valence-electron chi connectivity index (χ3n) is 8.72. The molecule has 0 aromatic heterocycles. The number of hydrogen-bond acceptors (Lipinski definition) is 8. The first-order chi connectivity index (χ1) is 25.2. The van der Waals surface area contributed by atoms with Crippen LogP contribution in [0.1, 0.15) is 55.2 Å². The number of rotatable bonds is 21. The average molecular weight is 728 g/mol. The van der Waals surface area contributed by atoms with E-state index < -0.39 is 36.1 Å². The van der Waals surface area contributed by atoms with E-state index in [2.05, 4.69) is 41.2 Å². The van der Waals surface area contributed by atoms with Gasteiger partial charge in [-0.25, -0.2) is 9.59 Å². The first-order valence-corrected chi connectivity index (χ1v) is 18.7. The van der Waals surface area contributed by atoms with Gasteiger partial charge in [0.1, 0.15) is 19.3 Å². The van der Waals surface area contributed by atoms with Crippen molar-refractivity contribution in [1.29, 1.82) is 0 Å². The number of nitrogens with one attached hydrogen (secondary N) is 3. The van der Waals surface area contributed by atoms with Gasteiger partial charge in [0.2, 0.25) is 11.8 Å². The zero-order valence-corrected chi connectivity index (χ0v) is 30.4. The number of thioether (sulfide) groups is 1. The summed E-state index contributed by atoms with van der Waals surface area (Å²) in [6, 6.07) is 23.9. The van der Waals surface area contributed by atoms with Gasteiger partial charge >= 0.3 is 12.1 Å². The molecule has 0 saturated heterocycles. The van der Waals surface area contributed by atoms with Gasteiger partial charge in [0.25, 0.3) is 0 Å². The van der Waals surface area contributed by atoms with E-state index in [1.807, 2.05) is 66.7 Å². The van der Waals surface area contributed by atoms with Crippen molar-refractivity contribution < 1.29 is 33.8 Å². The van der Waals surface area contributed by atoms with E-state index in [1.165, 1.54) is 0 Å². The largest absolute Gasteiger partial charge is 0.462 e. The summed E-state index contributed by atoms with van der Waals surface area (Å²) in [6.07, 6.45) is 3.33. The van der Waals surface area contributed by atoms with Crippen LogP contribution >= 0.6 is 11.8 Å². The molecule has 0 aliphatic heterocycles. The van der Waals surface area contributed by atoms with Crippen molar-refractivity contribution in [3.63, 3.8) is 0 Å². The second-order valence-electron chi connectivity index (χ2n) is 12.8. The third-order valence-corrected chi connectivity index (χ3v) is 9.89. The van der Waals surface area contributed by atoms with Gasteiger partial charge in [0.15, 0.2) is 0 Å². The fourth-order valence-corrected chi connectivity index (χ4v) is 7.04. The number of aliphatic hydroxyl groups excluding tert-OH is 1. The number of esters is 1. The summed E-state index contributed by atoms with van der Waals surface area (Å²) in [5.74, 6) is -1.17. The van der Waals surface area contributed by atoms with E-state index in [0.717, 1.165) is 27.8 Å². The molecule has 0 bridgehead atoms. The van der Waals surface area contributed by atoms with Crippen LogP contribution in [-0.2, 0) is 29.6 Å². The molecule has 3 amide bonds. The average Bonchev–Trinajstić information content (AvgIpc) is 3.47. The Morgan fingerprint density at radius 3 is 2.15 bits per heavy atom. The molecule has 10 nitrogen and oxygen atoms in total. The van der Waals surface area contributed by atoms with Gasteiger partial charge in [0.05, 0.1) is 18.6 Å². The van der Waals surface area contributed by atoms with Crippen LogP contribution in [0, 0.1) is 5.92 Å². The van der Waals surface area contributed by atoms with Crippen molar-refractivity contribution in [3.05, 3.63) is 121 Å². The highest BCUT2D eigenvalue weighted by Gasteiger charge is 2.31. The fraction of sp³-hybridized carbons (Fsp3) is 0.366. The summed E-state index contributed by atoms with van der Waals surface area (Å²) < 4.78 is 11.4. The lowest BCUT2D eigenvalue weighted by atomic mass is 9.98. The van der Waals surface area contributed by atoms with Gasteiger partial charge in [-0.2, -0.15) is 11.8 Å². The van der Waals surface area contributed by atoms with E-state index in [4.69, 9.17) is 9.47 Å². The lowest BCUT2D eigenvalue weighted by molar-refractivity contribution is -0.147. The standard InChI is InChI=1S/C41H49N3O7S/c1-4-6-21-37(44-41(49)51-25-36-34-19-12-10-17-32(34)33-18-11-13-20-35(33)36)40(48)50-24-31(27-52-26-29-15-8-7-9-16-29)43-39(47)30(14-5-2)22-38(46)42-28(3)23-45/h4-5,7-13,15-20,28,30-31,36-37,45H,1-2,6,14,21-27H2,3H3,(H,42,46)(H,43,47)(H,44,49)/t28-,30+,31-,37+/m1/s1. The molecule has 0 fully saturated rings. The monoisotopic (exact) mass is 727 g/mol. The Labute approximate surface area is 310 Å². The smallest absolute Gasteiger partial charge is 0.407 e. The number of amides is 3. The molecular formula is C41H49N3O7S. The van der Waals surface area contributed by atoms with E-state index in [0.29, 0.717) is 17.9 Å². The predicted octanol–water partition coefficient (Wildman–Crippen LogP) is 5.90. The zero-order valence-electron chi connectivity index (χ0n) is 29.6. The molecule has 1 aliphatic rings. The first kappa shape index (κ1) is 39.9. The number of allylic oxidation sites excluding steroid dienone is 2. The van der Waals surface area contributed by atoms with E-state index in [1.54, 1.807) is 30.8 Å². The highest BCUT2D eigenvalue weighted by molar-refractivity contribution is 7.98. The van der Waals surface area contributed by atoms with Crippen LogP contribution in [0.5, 0.6) is 0 Å². The molecule has 0 spiro atoms. The topological polar surface area (TPSA) is 143 Å². The van der Waals surface area contributed by atoms with Gasteiger partial charge in [-0.3, -0.25) is 9.59 Å². The number of alkyl carbamates (subject to hydrolysis) is 1. The van der Waals surface area contributed by atoms with Crippen LogP contribution in [0.25, 0.3) is 11.1 Å². The van der Waals surface area contributed by atoms with E-state index in [-0.39, 0.29) is 56.8 Å². The number of ether oxygens (including phenoxy) is 2. The van der Waals surface area contributed by atoms with Crippen molar-refractivity contribution >= 4 is 35.6 Å². The molecule has 4 atom stereocenters. The Morgan fingerprint density at radius 1 is 0.865 bits per heavy atom. The third kappa shape index (κ3) is 11.8. The molecule has 11 heteroatoms. The number of benzene rings is 3. The van der Waals surface area contributed by atoms with Crippen molar-refractivity contribution in [2.75, 3.05) is 25.6 Å².